The second kappa shape index (κ2) is 3.95. The number of aliphatic hydroxyl groups excluding tert-OH is 1. The van der Waals surface area contributed by atoms with E-state index in [0.717, 1.165) is 10.9 Å². The Hall–Kier alpha value is -1.48. The average Bonchev–Trinajstić information content (AvgIpc) is 2.28. The minimum absolute atomic E-state index is 0.491. The van der Waals surface area contributed by atoms with Gasteiger partial charge in [0.05, 0.1) is 11.8 Å². The van der Waals surface area contributed by atoms with Gasteiger partial charge < -0.3 is 5.11 Å². The molecule has 1 unspecified atom stereocenters. The molecule has 3 nitrogen and oxygen atoms in total. The van der Waals surface area contributed by atoms with Crippen molar-refractivity contribution in [3.05, 3.63) is 35.7 Å². The van der Waals surface area contributed by atoms with Gasteiger partial charge in [-0.15, -0.1) is 0 Å². The van der Waals surface area contributed by atoms with Crippen LogP contribution in [0, 0.1) is 6.92 Å². The van der Waals surface area contributed by atoms with Gasteiger partial charge in [-0.05, 0) is 37.1 Å². The number of aromatic nitrogens is 2. The van der Waals surface area contributed by atoms with E-state index in [1.54, 1.807) is 6.20 Å². The van der Waals surface area contributed by atoms with Crippen LogP contribution in [-0.2, 0) is 0 Å². The third-order valence-corrected chi connectivity index (χ3v) is 2.54. The van der Waals surface area contributed by atoms with Crippen LogP contribution in [0.2, 0.25) is 0 Å². The van der Waals surface area contributed by atoms with Crippen molar-refractivity contribution in [3.63, 3.8) is 0 Å². The van der Waals surface area contributed by atoms with Gasteiger partial charge in [-0.25, -0.2) is 9.97 Å². The van der Waals surface area contributed by atoms with E-state index in [2.05, 4.69) is 9.97 Å². The van der Waals surface area contributed by atoms with Crippen molar-refractivity contribution in [2.75, 3.05) is 0 Å². The molecule has 0 aromatic carbocycles. The van der Waals surface area contributed by atoms with Gasteiger partial charge in [0.2, 0.25) is 0 Å². The van der Waals surface area contributed by atoms with Crippen molar-refractivity contribution in [3.8, 4) is 0 Å². The van der Waals surface area contributed by atoms with E-state index in [9.17, 15) is 5.11 Å². The molecule has 0 amide bonds. The lowest BCUT2D eigenvalue weighted by atomic mass is 10.1. The molecule has 2 rings (SSSR count). The van der Waals surface area contributed by atoms with E-state index in [0.29, 0.717) is 17.8 Å². The van der Waals surface area contributed by atoms with Crippen LogP contribution in [0.3, 0.4) is 0 Å². The Morgan fingerprint density at radius 3 is 3.00 bits per heavy atom. The van der Waals surface area contributed by atoms with Crippen LogP contribution in [0.15, 0.2) is 24.4 Å². The number of rotatable bonds is 2. The number of nitrogens with zero attached hydrogens (tertiary/aromatic N) is 2. The normalized spacial score (nSPS) is 13.0. The molecule has 78 valence electrons. The van der Waals surface area contributed by atoms with Gasteiger partial charge in [0.25, 0.3) is 0 Å². The summed E-state index contributed by atoms with van der Waals surface area (Å²) >= 11 is 0. The highest BCUT2D eigenvalue weighted by Gasteiger charge is 2.09. The fourth-order valence-corrected chi connectivity index (χ4v) is 1.63. The number of hydrogen-bond donors (Lipinski definition) is 1. The van der Waals surface area contributed by atoms with E-state index in [4.69, 9.17) is 0 Å². The number of hydrogen-bond acceptors (Lipinski definition) is 3. The van der Waals surface area contributed by atoms with Gasteiger partial charge >= 0.3 is 0 Å². The number of pyridine rings is 2. The monoisotopic (exact) mass is 202 g/mol. The highest BCUT2D eigenvalue weighted by atomic mass is 16.3. The lowest BCUT2D eigenvalue weighted by Gasteiger charge is -2.09. The predicted molar refractivity (Wildman–Crippen MR) is 59.5 cm³/mol. The van der Waals surface area contributed by atoms with Gasteiger partial charge in [0.1, 0.15) is 0 Å². The first kappa shape index (κ1) is 10.1. The topological polar surface area (TPSA) is 46.0 Å². The zero-order chi connectivity index (χ0) is 10.8. The summed E-state index contributed by atoms with van der Waals surface area (Å²) in [4.78, 5) is 8.54. The van der Waals surface area contributed by atoms with Crippen molar-refractivity contribution in [2.45, 2.75) is 26.4 Å². The maximum Gasteiger partial charge on any atom is 0.159 e. The molecule has 0 saturated carbocycles. The highest BCUT2D eigenvalue weighted by molar-refractivity contribution is 5.78. The zero-order valence-electron chi connectivity index (χ0n) is 8.94. The largest absolute Gasteiger partial charge is 0.387 e. The molecule has 0 radical (unpaired) electrons. The molecule has 0 saturated heterocycles. The Bertz CT molecular complexity index is 482. The number of fused-ring (bicyclic) bond motifs is 1. The van der Waals surface area contributed by atoms with E-state index >= 15 is 0 Å². The molecule has 2 heterocycles. The molecule has 1 N–H and O–H groups in total. The molecule has 0 aliphatic heterocycles. The molecule has 0 bridgehead atoms. The fourth-order valence-electron chi connectivity index (χ4n) is 1.63. The number of aliphatic hydroxyl groups is 1. The second-order valence-electron chi connectivity index (χ2n) is 3.66. The molecular weight excluding hydrogens is 188 g/mol. The zero-order valence-corrected chi connectivity index (χ0v) is 8.94. The average molecular weight is 202 g/mol. The van der Waals surface area contributed by atoms with Crippen molar-refractivity contribution < 1.29 is 5.11 Å². The summed E-state index contributed by atoms with van der Waals surface area (Å²) in [5.41, 5.74) is 2.52. The van der Waals surface area contributed by atoms with Crippen LogP contribution in [0.25, 0.3) is 11.0 Å². The van der Waals surface area contributed by atoms with Gasteiger partial charge in [-0.3, -0.25) is 0 Å². The first-order chi connectivity index (χ1) is 7.22. The summed E-state index contributed by atoms with van der Waals surface area (Å²) in [6, 6.07) is 5.82. The maximum atomic E-state index is 9.72. The predicted octanol–water partition coefficient (Wildman–Crippen LogP) is 2.38. The van der Waals surface area contributed by atoms with Crippen molar-refractivity contribution in [1.29, 1.82) is 0 Å². The molecule has 0 spiro atoms. The molecule has 0 fully saturated rings. The fraction of sp³-hybridized carbons (Fsp3) is 0.333. The van der Waals surface area contributed by atoms with Crippen LogP contribution in [0.4, 0.5) is 0 Å². The van der Waals surface area contributed by atoms with E-state index in [1.807, 2.05) is 32.0 Å². The second-order valence-corrected chi connectivity index (χ2v) is 3.66. The van der Waals surface area contributed by atoms with Crippen molar-refractivity contribution in [1.82, 2.24) is 9.97 Å². The van der Waals surface area contributed by atoms with Crippen LogP contribution < -0.4 is 0 Å². The summed E-state index contributed by atoms with van der Waals surface area (Å²) in [7, 11) is 0. The molecule has 2 aromatic heterocycles. The minimum atomic E-state index is -0.491. The SMILES string of the molecule is CCC(O)c1cc(C)c2cccnc2n1. The summed E-state index contributed by atoms with van der Waals surface area (Å²) in [5, 5.41) is 10.8. The molecule has 2 aromatic rings. The molecule has 15 heavy (non-hydrogen) atoms. The van der Waals surface area contributed by atoms with Crippen molar-refractivity contribution >= 4 is 11.0 Å². The third-order valence-electron chi connectivity index (χ3n) is 2.54. The van der Waals surface area contributed by atoms with E-state index in [-0.39, 0.29) is 0 Å². The molecule has 3 heteroatoms. The smallest absolute Gasteiger partial charge is 0.159 e. The van der Waals surface area contributed by atoms with Gasteiger partial charge in [0, 0.05) is 11.6 Å². The van der Waals surface area contributed by atoms with Gasteiger partial charge in [-0.2, -0.15) is 0 Å². The Labute approximate surface area is 88.8 Å². The van der Waals surface area contributed by atoms with Gasteiger partial charge in [0.15, 0.2) is 5.65 Å². The molecule has 1 atom stereocenters. The Morgan fingerprint density at radius 2 is 2.27 bits per heavy atom. The molecule has 0 aliphatic carbocycles. The lowest BCUT2D eigenvalue weighted by Crippen LogP contribution is -2.00. The van der Waals surface area contributed by atoms with Crippen LogP contribution in [0.1, 0.15) is 30.7 Å². The van der Waals surface area contributed by atoms with Crippen molar-refractivity contribution in [2.24, 2.45) is 0 Å². The molecule has 0 aliphatic rings. The number of aryl methyl sites for hydroxylation is 1. The quantitative estimate of drug-likeness (QED) is 0.813. The summed E-state index contributed by atoms with van der Waals surface area (Å²) in [5.74, 6) is 0. The van der Waals surface area contributed by atoms with Gasteiger partial charge in [-0.1, -0.05) is 6.92 Å². The van der Waals surface area contributed by atoms with Crippen LogP contribution in [0.5, 0.6) is 0 Å². The van der Waals surface area contributed by atoms with E-state index < -0.39 is 6.10 Å². The maximum absolute atomic E-state index is 9.72. The van der Waals surface area contributed by atoms with Crippen LogP contribution >= 0.6 is 0 Å². The minimum Gasteiger partial charge on any atom is -0.387 e. The molecular formula is C12H14N2O. The standard InChI is InChI=1S/C12H14N2O/c1-3-11(15)10-7-8(2)9-5-4-6-13-12(9)14-10/h4-7,11,15H,3H2,1-2H3. The van der Waals surface area contributed by atoms with Crippen LogP contribution in [-0.4, -0.2) is 15.1 Å². The Kier molecular flexibility index (Phi) is 2.64. The summed E-state index contributed by atoms with van der Waals surface area (Å²) in [6.45, 7) is 3.95. The summed E-state index contributed by atoms with van der Waals surface area (Å²) < 4.78 is 0. The van der Waals surface area contributed by atoms with E-state index in [1.165, 1.54) is 0 Å². The third kappa shape index (κ3) is 1.83. The summed E-state index contributed by atoms with van der Waals surface area (Å²) in [6.07, 6.45) is 1.90. The Morgan fingerprint density at radius 1 is 1.47 bits per heavy atom. The Balaban J connectivity index is 2.62. The first-order valence-electron chi connectivity index (χ1n) is 5.12. The highest BCUT2D eigenvalue weighted by Crippen LogP contribution is 2.20. The first-order valence-corrected chi connectivity index (χ1v) is 5.12. The lowest BCUT2D eigenvalue weighted by molar-refractivity contribution is 0.169.